The molecular formula is C21H20N2O6S2. The number of carboxylic acids is 1. The molecule has 1 saturated heterocycles. The third-order valence-electron chi connectivity index (χ3n) is 4.77. The van der Waals surface area contributed by atoms with Gasteiger partial charge in [-0.25, -0.2) is 4.79 Å². The summed E-state index contributed by atoms with van der Waals surface area (Å²) in [6, 6.07) is 6.99. The van der Waals surface area contributed by atoms with Crippen molar-refractivity contribution < 1.29 is 24.0 Å². The lowest BCUT2D eigenvalue weighted by Gasteiger charge is -2.22. The molecule has 1 atom stereocenters. The van der Waals surface area contributed by atoms with E-state index < -0.39 is 22.8 Å². The molecule has 1 amide bonds. The maximum atomic E-state index is 12.8. The summed E-state index contributed by atoms with van der Waals surface area (Å²) in [6.07, 6.45) is 3.24. The van der Waals surface area contributed by atoms with Gasteiger partial charge < -0.3 is 9.52 Å². The number of furan rings is 1. The Morgan fingerprint density at radius 1 is 1.39 bits per heavy atom. The average Bonchev–Trinajstić information content (AvgIpc) is 3.27. The first kappa shape index (κ1) is 22.7. The molecule has 1 aromatic carbocycles. The first-order valence-corrected chi connectivity index (χ1v) is 10.8. The highest BCUT2D eigenvalue weighted by Crippen LogP contribution is 2.37. The number of hydrogen-bond donors (Lipinski definition) is 1. The van der Waals surface area contributed by atoms with Gasteiger partial charge in [-0.2, -0.15) is 0 Å². The molecule has 8 nitrogen and oxygen atoms in total. The minimum atomic E-state index is -1.10. The standard InChI is InChI=1S/C21H20N2O6S2/c1-3-4-5-15(20(25)26)22-19(24)18(31-21(22)30)11-13-7-9-17(29-13)14-8-6-12(2)10-16(14)23(27)28/h6-11,15H,3-5H2,1-2H3,(H,25,26). The number of rotatable bonds is 8. The third kappa shape index (κ3) is 4.86. The Morgan fingerprint density at radius 2 is 2.13 bits per heavy atom. The molecule has 1 fully saturated rings. The number of unbranched alkanes of at least 4 members (excludes halogenated alkanes) is 1. The van der Waals surface area contributed by atoms with E-state index in [-0.39, 0.29) is 14.9 Å². The van der Waals surface area contributed by atoms with Crippen LogP contribution in [0.15, 0.2) is 39.7 Å². The number of thiocarbonyl (C=S) groups is 1. The first-order valence-electron chi connectivity index (χ1n) is 9.58. The largest absolute Gasteiger partial charge is 0.480 e. The van der Waals surface area contributed by atoms with Gasteiger partial charge in [-0.05, 0) is 37.1 Å². The number of hydrogen-bond acceptors (Lipinski definition) is 7. The Balaban J connectivity index is 1.88. The number of carboxylic acid groups (broad SMARTS) is 1. The van der Waals surface area contributed by atoms with Crippen molar-refractivity contribution in [3.05, 3.63) is 56.7 Å². The fraction of sp³-hybridized carbons (Fsp3) is 0.286. The second-order valence-electron chi connectivity index (χ2n) is 7.03. The van der Waals surface area contributed by atoms with Crippen LogP contribution in [0.2, 0.25) is 0 Å². The Morgan fingerprint density at radius 3 is 2.77 bits per heavy atom. The third-order valence-corrected chi connectivity index (χ3v) is 6.10. The maximum Gasteiger partial charge on any atom is 0.326 e. The van der Waals surface area contributed by atoms with Crippen LogP contribution in [0.1, 0.15) is 37.5 Å². The molecule has 2 aromatic rings. The summed E-state index contributed by atoms with van der Waals surface area (Å²) in [5, 5.41) is 20.9. The highest BCUT2D eigenvalue weighted by Gasteiger charge is 2.40. The number of nitrogens with zero attached hydrogens (tertiary/aromatic N) is 2. The van der Waals surface area contributed by atoms with Gasteiger partial charge in [0.1, 0.15) is 21.9 Å². The van der Waals surface area contributed by atoms with Crippen LogP contribution in [-0.4, -0.2) is 37.2 Å². The van der Waals surface area contributed by atoms with Gasteiger partial charge in [-0.15, -0.1) is 0 Å². The fourth-order valence-corrected chi connectivity index (χ4v) is 4.55. The Bertz CT molecular complexity index is 1090. The molecule has 0 radical (unpaired) electrons. The van der Waals surface area contributed by atoms with Gasteiger partial charge in [0.15, 0.2) is 0 Å². The van der Waals surface area contributed by atoms with Crippen molar-refractivity contribution >= 4 is 51.9 Å². The molecule has 10 heteroatoms. The summed E-state index contributed by atoms with van der Waals surface area (Å²) in [5.41, 5.74) is 1.00. The number of thioether (sulfide) groups is 1. The highest BCUT2D eigenvalue weighted by atomic mass is 32.2. The first-order chi connectivity index (χ1) is 14.7. The minimum absolute atomic E-state index is 0.0764. The Labute approximate surface area is 188 Å². The van der Waals surface area contributed by atoms with E-state index >= 15 is 0 Å². The molecule has 1 aliphatic heterocycles. The highest BCUT2D eigenvalue weighted by molar-refractivity contribution is 8.26. The van der Waals surface area contributed by atoms with Crippen LogP contribution in [0.4, 0.5) is 5.69 Å². The van der Waals surface area contributed by atoms with Crippen molar-refractivity contribution in [1.29, 1.82) is 0 Å². The smallest absolute Gasteiger partial charge is 0.326 e. The van der Waals surface area contributed by atoms with E-state index in [0.29, 0.717) is 29.9 Å². The summed E-state index contributed by atoms with van der Waals surface area (Å²) in [6.45, 7) is 3.70. The lowest BCUT2D eigenvalue weighted by Crippen LogP contribution is -2.43. The second kappa shape index (κ2) is 9.44. The number of nitro groups is 1. The van der Waals surface area contributed by atoms with Gasteiger partial charge in [-0.3, -0.25) is 19.8 Å². The summed E-state index contributed by atoms with van der Waals surface area (Å²) < 4.78 is 5.91. The summed E-state index contributed by atoms with van der Waals surface area (Å²) in [7, 11) is 0. The normalized spacial score (nSPS) is 16.2. The van der Waals surface area contributed by atoms with E-state index in [2.05, 4.69) is 0 Å². The fourth-order valence-electron chi connectivity index (χ4n) is 3.21. The molecule has 162 valence electrons. The van der Waals surface area contributed by atoms with Crippen LogP contribution >= 0.6 is 24.0 Å². The van der Waals surface area contributed by atoms with Crippen LogP contribution in [0.25, 0.3) is 17.4 Å². The molecule has 1 aliphatic rings. The van der Waals surface area contributed by atoms with Crippen molar-refractivity contribution in [3.63, 3.8) is 0 Å². The number of nitro benzene ring substituents is 1. The van der Waals surface area contributed by atoms with E-state index in [9.17, 15) is 24.8 Å². The summed E-state index contributed by atoms with van der Waals surface area (Å²) in [4.78, 5) is 36.8. The predicted molar refractivity (Wildman–Crippen MR) is 121 cm³/mol. The lowest BCUT2D eigenvalue weighted by molar-refractivity contribution is -0.384. The maximum absolute atomic E-state index is 12.8. The number of carbonyl (C=O) groups excluding carboxylic acids is 1. The average molecular weight is 461 g/mol. The lowest BCUT2D eigenvalue weighted by atomic mass is 10.1. The molecule has 1 aromatic heterocycles. The van der Waals surface area contributed by atoms with Crippen LogP contribution in [-0.2, 0) is 9.59 Å². The van der Waals surface area contributed by atoms with Gasteiger partial charge in [0, 0.05) is 12.1 Å². The van der Waals surface area contributed by atoms with Crippen LogP contribution in [0.3, 0.4) is 0 Å². The zero-order valence-electron chi connectivity index (χ0n) is 16.9. The van der Waals surface area contributed by atoms with Crippen molar-refractivity contribution in [2.45, 2.75) is 39.2 Å². The van der Waals surface area contributed by atoms with Crippen LogP contribution in [0, 0.1) is 17.0 Å². The molecule has 3 rings (SSSR count). The summed E-state index contributed by atoms with van der Waals surface area (Å²) in [5.74, 6) is -0.985. The van der Waals surface area contributed by atoms with Gasteiger partial charge in [0.2, 0.25) is 0 Å². The van der Waals surface area contributed by atoms with Crippen molar-refractivity contribution in [1.82, 2.24) is 4.90 Å². The molecule has 2 heterocycles. The molecule has 31 heavy (non-hydrogen) atoms. The van der Waals surface area contributed by atoms with Gasteiger partial charge in [0.25, 0.3) is 11.6 Å². The minimum Gasteiger partial charge on any atom is -0.480 e. The van der Waals surface area contributed by atoms with Crippen molar-refractivity contribution in [2.24, 2.45) is 0 Å². The zero-order chi connectivity index (χ0) is 22.7. The number of aryl methyl sites for hydroxylation is 1. The molecule has 1 unspecified atom stereocenters. The zero-order valence-corrected chi connectivity index (χ0v) is 18.5. The van der Waals surface area contributed by atoms with E-state index in [4.69, 9.17) is 16.6 Å². The molecule has 0 bridgehead atoms. The van der Waals surface area contributed by atoms with Gasteiger partial charge in [-0.1, -0.05) is 49.8 Å². The molecule has 0 spiro atoms. The van der Waals surface area contributed by atoms with Gasteiger partial charge in [0.05, 0.1) is 15.4 Å². The number of benzene rings is 1. The van der Waals surface area contributed by atoms with Crippen LogP contribution in [0.5, 0.6) is 0 Å². The number of aliphatic carboxylic acids is 1. The van der Waals surface area contributed by atoms with E-state index in [1.807, 2.05) is 6.92 Å². The van der Waals surface area contributed by atoms with Gasteiger partial charge >= 0.3 is 5.97 Å². The topological polar surface area (TPSA) is 114 Å². The van der Waals surface area contributed by atoms with E-state index in [1.165, 1.54) is 12.1 Å². The molecule has 0 saturated carbocycles. The van der Waals surface area contributed by atoms with E-state index in [1.54, 1.807) is 31.2 Å². The SMILES string of the molecule is CCCCC(C(=O)O)N1C(=O)C(=Cc2ccc(-c3ccc(C)cc3[N+](=O)[O-])o2)SC1=S. The predicted octanol–water partition coefficient (Wildman–Crippen LogP) is 5.01. The monoisotopic (exact) mass is 460 g/mol. The summed E-state index contributed by atoms with van der Waals surface area (Å²) >= 11 is 6.26. The van der Waals surface area contributed by atoms with E-state index in [0.717, 1.165) is 28.6 Å². The number of amides is 1. The quantitative estimate of drug-likeness (QED) is 0.253. The molecule has 1 N–H and O–H groups in total. The van der Waals surface area contributed by atoms with Crippen molar-refractivity contribution in [2.75, 3.05) is 0 Å². The second-order valence-corrected chi connectivity index (χ2v) is 8.70. The molecule has 0 aliphatic carbocycles. The van der Waals surface area contributed by atoms with Crippen molar-refractivity contribution in [3.8, 4) is 11.3 Å². The Kier molecular flexibility index (Phi) is 6.91. The Hall–Kier alpha value is -2.98. The number of carbonyl (C=O) groups is 2. The van der Waals surface area contributed by atoms with Crippen LogP contribution < -0.4 is 0 Å². The molecular weight excluding hydrogens is 440 g/mol.